The molecule has 5 nitrogen and oxygen atoms in total. The lowest BCUT2D eigenvalue weighted by atomic mass is 9.96. The molecule has 0 spiro atoms. The van der Waals surface area contributed by atoms with Crippen LogP contribution in [-0.4, -0.2) is 24.9 Å². The molecule has 254 valence electrons. The van der Waals surface area contributed by atoms with Crippen LogP contribution in [0.25, 0.3) is 90.1 Å². The normalized spacial score (nSPS) is 11.0. The summed E-state index contributed by atoms with van der Waals surface area (Å²) in [6.07, 6.45) is 3.65. The second-order valence-electron chi connectivity index (χ2n) is 13.0. The molecule has 0 saturated heterocycles. The van der Waals surface area contributed by atoms with Crippen LogP contribution < -0.4 is 0 Å². The van der Waals surface area contributed by atoms with Crippen LogP contribution in [0.2, 0.25) is 0 Å². The summed E-state index contributed by atoms with van der Waals surface area (Å²) in [5.74, 6) is 0.684. The second-order valence-corrected chi connectivity index (χ2v) is 13.0. The third-order valence-corrected chi connectivity index (χ3v) is 9.44. The van der Waals surface area contributed by atoms with Crippen molar-refractivity contribution in [2.45, 2.75) is 0 Å². The molecule has 4 heterocycles. The van der Waals surface area contributed by atoms with Crippen molar-refractivity contribution in [2.24, 2.45) is 0 Å². The zero-order valence-electron chi connectivity index (χ0n) is 29.3. The summed E-state index contributed by atoms with van der Waals surface area (Å²) in [5, 5.41) is 0. The van der Waals surface area contributed by atoms with Crippen molar-refractivity contribution in [3.63, 3.8) is 0 Å². The van der Waals surface area contributed by atoms with Gasteiger partial charge in [-0.05, 0) is 75.8 Å². The Bertz CT molecular complexity index is 2560. The van der Waals surface area contributed by atoms with Crippen LogP contribution in [0.1, 0.15) is 0 Å². The van der Waals surface area contributed by atoms with Gasteiger partial charge in [0.05, 0.1) is 34.2 Å². The molecule has 5 aromatic carbocycles. The molecule has 0 N–H and O–H groups in total. The van der Waals surface area contributed by atoms with E-state index in [0.29, 0.717) is 5.82 Å². The van der Waals surface area contributed by atoms with E-state index in [-0.39, 0.29) is 0 Å². The number of hydrogen-bond acceptors (Lipinski definition) is 5. The summed E-state index contributed by atoms with van der Waals surface area (Å²) in [4.78, 5) is 24.6. The standard InChI is InChI=1S/C49H33N5/c1-4-14-34(15-5-1)40-31-47(43-22-12-13-28-50-43)52-48(32-40)46-30-39(27-29-51-46)35-23-25-36(26-24-35)41-20-10-11-21-42(41)49-53-44(37-16-6-2-7-17-37)33-45(54-49)38-18-8-3-9-19-38/h1-33H. The minimum Gasteiger partial charge on any atom is -0.255 e. The molecule has 54 heavy (non-hydrogen) atoms. The van der Waals surface area contributed by atoms with Crippen LogP contribution in [0.5, 0.6) is 0 Å². The maximum Gasteiger partial charge on any atom is 0.161 e. The Morgan fingerprint density at radius 2 is 0.741 bits per heavy atom. The van der Waals surface area contributed by atoms with E-state index >= 15 is 0 Å². The monoisotopic (exact) mass is 691 g/mol. The summed E-state index contributed by atoms with van der Waals surface area (Å²) in [6.45, 7) is 0. The Hall–Kier alpha value is -7.37. The van der Waals surface area contributed by atoms with Crippen molar-refractivity contribution in [3.05, 3.63) is 200 Å². The molecule has 0 aliphatic carbocycles. The first-order valence-electron chi connectivity index (χ1n) is 17.9. The SMILES string of the molecule is c1ccc(-c2cc(-c3ccccn3)nc(-c3cc(-c4ccc(-c5ccccc5-c5nc(-c6ccccc6)cc(-c6ccccc6)n5)cc4)ccn3)c2)cc1. The van der Waals surface area contributed by atoms with Gasteiger partial charge in [0.2, 0.25) is 0 Å². The Morgan fingerprint density at radius 3 is 1.37 bits per heavy atom. The molecule has 0 radical (unpaired) electrons. The zero-order valence-corrected chi connectivity index (χ0v) is 29.3. The predicted molar refractivity (Wildman–Crippen MR) is 219 cm³/mol. The topological polar surface area (TPSA) is 64.5 Å². The Labute approximate surface area is 314 Å². The fourth-order valence-electron chi connectivity index (χ4n) is 6.71. The van der Waals surface area contributed by atoms with Crippen molar-refractivity contribution in [2.75, 3.05) is 0 Å². The van der Waals surface area contributed by atoms with Crippen LogP contribution >= 0.6 is 0 Å². The van der Waals surface area contributed by atoms with E-state index in [0.717, 1.165) is 84.2 Å². The van der Waals surface area contributed by atoms with Gasteiger partial charge in [-0.1, -0.05) is 146 Å². The van der Waals surface area contributed by atoms with E-state index < -0.39 is 0 Å². The van der Waals surface area contributed by atoms with Crippen LogP contribution in [0.15, 0.2) is 200 Å². The molecule has 0 aliphatic rings. The fraction of sp³-hybridized carbons (Fsp3) is 0. The van der Waals surface area contributed by atoms with E-state index in [2.05, 4.69) is 108 Å². The highest BCUT2D eigenvalue weighted by Gasteiger charge is 2.15. The third-order valence-electron chi connectivity index (χ3n) is 9.44. The highest BCUT2D eigenvalue weighted by Crippen LogP contribution is 2.35. The average Bonchev–Trinajstić information content (AvgIpc) is 3.27. The summed E-state index contributed by atoms with van der Waals surface area (Å²) >= 11 is 0. The van der Waals surface area contributed by atoms with Gasteiger partial charge in [-0.3, -0.25) is 9.97 Å². The Kier molecular flexibility index (Phi) is 8.86. The molecular formula is C49H33N5. The molecular weight excluding hydrogens is 659 g/mol. The number of rotatable bonds is 8. The molecule has 0 aliphatic heterocycles. The van der Waals surface area contributed by atoms with Crippen molar-refractivity contribution < 1.29 is 0 Å². The minimum absolute atomic E-state index is 0.684. The first-order valence-corrected chi connectivity index (χ1v) is 17.9. The maximum atomic E-state index is 5.11. The molecule has 5 heteroatoms. The molecule has 0 bridgehead atoms. The average molecular weight is 692 g/mol. The van der Waals surface area contributed by atoms with E-state index in [1.54, 1.807) is 6.20 Å². The smallest absolute Gasteiger partial charge is 0.161 e. The van der Waals surface area contributed by atoms with Gasteiger partial charge >= 0.3 is 0 Å². The van der Waals surface area contributed by atoms with Crippen molar-refractivity contribution >= 4 is 0 Å². The van der Waals surface area contributed by atoms with Gasteiger partial charge in [0.1, 0.15) is 0 Å². The van der Waals surface area contributed by atoms with Gasteiger partial charge in [-0.25, -0.2) is 15.0 Å². The van der Waals surface area contributed by atoms with Gasteiger partial charge < -0.3 is 0 Å². The lowest BCUT2D eigenvalue weighted by Gasteiger charge is -2.13. The van der Waals surface area contributed by atoms with E-state index in [9.17, 15) is 0 Å². The lowest BCUT2D eigenvalue weighted by molar-refractivity contribution is 1.18. The predicted octanol–water partition coefficient (Wildman–Crippen LogP) is 12.0. The van der Waals surface area contributed by atoms with Crippen LogP contribution in [0.4, 0.5) is 0 Å². The highest BCUT2D eigenvalue weighted by molar-refractivity contribution is 5.84. The number of pyridine rings is 3. The largest absolute Gasteiger partial charge is 0.255 e. The Morgan fingerprint density at radius 1 is 0.241 bits per heavy atom. The van der Waals surface area contributed by atoms with Gasteiger partial charge in [0, 0.05) is 29.1 Å². The molecule has 0 fully saturated rings. The number of nitrogens with zero attached hydrogens (tertiary/aromatic N) is 5. The van der Waals surface area contributed by atoms with Crippen LogP contribution in [-0.2, 0) is 0 Å². The molecule has 9 rings (SSSR count). The van der Waals surface area contributed by atoms with Crippen LogP contribution in [0, 0.1) is 0 Å². The van der Waals surface area contributed by atoms with Crippen molar-refractivity contribution in [3.8, 4) is 90.1 Å². The third kappa shape index (κ3) is 6.82. The van der Waals surface area contributed by atoms with E-state index in [1.807, 2.05) is 91.1 Å². The number of aromatic nitrogens is 5. The quantitative estimate of drug-likeness (QED) is 0.159. The first-order chi connectivity index (χ1) is 26.7. The summed E-state index contributed by atoms with van der Waals surface area (Å²) < 4.78 is 0. The van der Waals surface area contributed by atoms with Gasteiger partial charge in [-0.15, -0.1) is 0 Å². The fourth-order valence-corrected chi connectivity index (χ4v) is 6.71. The van der Waals surface area contributed by atoms with Crippen molar-refractivity contribution in [1.29, 1.82) is 0 Å². The zero-order chi connectivity index (χ0) is 36.1. The second kappa shape index (κ2) is 14.7. The lowest BCUT2D eigenvalue weighted by Crippen LogP contribution is -1.97. The Balaban J connectivity index is 1.08. The molecule has 4 aromatic heterocycles. The maximum absolute atomic E-state index is 5.11. The summed E-state index contributed by atoms with van der Waals surface area (Å²) in [7, 11) is 0. The van der Waals surface area contributed by atoms with Gasteiger partial charge in [0.15, 0.2) is 5.82 Å². The molecule has 0 amide bonds. The molecule has 9 aromatic rings. The minimum atomic E-state index is 0.684. The number of benzene rings is 5. The first kappa shape index (κ1) is 32.5. The number of hydrogen-bond donors (Lipinski definition) is 0. The molecule has 0 unspecified atom stereocenters. The highest BCUT2D eigenvalue weighted by atomic mass is 14.9. The summed E-state index contributed by atoms with van der Waals surface area (Å²) in [5.41, 5.74) is 14.5. The van der Waals surface area contributed by atoms with Gasteiger partial charge in [-0.2, -0.15) is 0 Å². The van der Waals surface area contributed by atoms with E-state index in [4.69, 9.17) is 19.9 Å². The van der Waals surface area contributed by atoms with E-state index in [1.165, 1.54) is 0 Å². The van der Waals surface area contributed by atoms with Gasteiger partial charge in [0.25, 0.3) is 0 Å². The summed E-state index contributed by atoms with van der Waals surface area (Å²) in [6, 6.07) is 64.2. The van der Waals surface area contributed by atoms with Crippen LogP contribution in [0.3, 0.4) is 0 Å². The van der Waals surface area contributed by atoms with Crippen molar-refractivity contribution in [1.82, 2.24) is 24.9 Å². The molecule has 0 saturated carbocycles. The molecule has 0 atom stereocenters.